The van der Waals surface area contributed by atoms with Crippen LogP contribution in [0.5, 0.6) is 0 Å². The molecule has 0 aromatic rings. The number of hydrogen-bond acceptors (Lipinski definition) is 3. The van der Waals surface area contributed by atoms with Crippen LogP contribution in [0.4, 0.5) is 0 Å². The summed E-state index contributed by atoms with van der Waals surface area (Å²) < 4.78 is 0. The molecule has 1 rings (SSSR count). The van der Waals surface area contributed by atoms with Gasteiger partial charge in [-0.05, 0) is 25.9 Å². The predicted molar refractivity (Wildman–Crippen MR) is 53.5 cm³/mol. The van der Waals surface area contributed by atoms with E-state index in [-0.39, 0.29) is 30.7 Å². The van der Waals surface area contributed by atoms with Crippen LogP contribution >= 0.6 is 24.8 Å². The van der Waals surface area contributed by atoms with Gasteiger partial charge in [-0.3, -0.25) is 0 Å². The van der Waals surface area contributed by atoms with Crippen LogP contribution in [0, 0.1) is 5.92 Å². The summed E-state index contributed by atoms with van der Waals surface area (Å²) in [6.07, 6.45) is 1.96. The molecule has 1 fully saturated rings. The van der Waals surface area contributed by atoms with Crippen molar-refractivity contribution in [2.45, 2.75) is 12.8 Å². The van der Waals surface area contributed by atoms with E-state index in [0.29, 0.717) is 5.84 Å². The van der Waals surface area contributed by atoms with Gasteiger partial charge in [-0.25, -0.2) is 0 Å². The van der Waals surface area contributed by atoms with Gasteiger partial charge in [-0.2, -0.15) is 0 Å². The molecular formula is C6H15Cl2N3O. The minimum Gasteiger partial charge on any atom is -0.409 e. The average molecular weight is 216 g/mol. The molecule has 1 saturated heterocycles. The number of piperidine rings is 1. The summed E-state index contributed by atoms with van der Waals surface area (Å²) >= 11 is 0. The SMILES string of the molecule is Cl.Cl.N/C(=N/O)C1CCNCC1. The molecule has 0 aromatic carbocycles. The fourth-order valence-electron chi connectivity index (χ4n) is 1.20. The van der Waals surface area contributed by atoms with E-state index in [1.165, 1.54) is 0 Å². The highest BCUT2D eigenvalue weighted by atomic mass is 35.5. The first-order chi connectivity index (χ1) is 4.84. The molecule has 12 heavy (non-hydrogen) atoms. The highest BCUT2D eigenvalue weighted by Gasteiger charge is 2.16. The number of hydrogen-bond donors (Lipinski definition) is 3. The third kappa shape index (κ3) is 3.99. The maximum Gasteiger partial charge on any atom is 0.142 e. The average Bonchev–Trinajstić information content (AvgIpc) is 2.05. The van der Waals surface area contributed by atoms with Gasteiger partial charge < -0.3 is 16.3 Å². The molecule has 0 radical (unpaired) electrons. The van der Waals surface area contributed by atoms with E-state index < -0.39 is 0 Å². The van der Waals surface area contributed by atoms with Crippen molar-refractivity contribution in [3.05, 3.63) is 0 Å². The summed E-state index contributed by atoms with van der Waals surface area (Å²) in [6, 6.07) is 0. The molecule has 0 amide bonds. The minimum absolute atomic E-state index is 0. The molecule has 0 atom stereocenters. The van der Waals surface area contributed by atoms with E-state index in [9.17, 15) is 0 Å². The second-order valence-electron chi connectivity index (χ2n) is 2.55. The number of halogens is 2. The topological polar surface area (TPSA) is 70.6 Å². The molecule has 4 N–H and O–H groups in total. The van der Waals surface area contributed by atoms with Crippen LogP contribution in [0.15, 0.2) is 5.16 Å². The van der Waals surface area contributed by atoms with Gasteiger partial charge in [0.15, 0.2) is 0 Å². The molecule has 0 saturated carbocycles. The van der Waals surface area contributed by atoms with Crippen molar-refractivity contribution in [3.63, 3.8) is 0 Å². The highest BCUT2D eigenvalue weighted by Crippen LogP contribution is 2.10. The fourth-order valence-corrected chi connectivity index (χ4v) is 1.20. The van der Waals surface area contributed by atoms with Crippen molar-refractivity contribution in [1.82, 2.24) is 5.32 Å². The van der Waals surface area contributed by atoms with Gasteiger partial charge in [0.25, 0.3) is 0 Å². The van der Waals surface area contributed by atoms with Gasteiger partial charge in [0.2, 0.25) is 0 Å². The van der Waals surface area contributed by atoms with Gasteiger partial charge in [0.1, 0.15) is 5.84 Å². The third-order valence-electron chi connectivity index (χ3n) is 1.87. The number of rotatable bonds is 1. The maximum atomic E-state index is 8.33. The van der Waals surface area contributed by atoms with Gasteiger partial charge in [-0.1, -0.05) is 5.16 Å². The standard InChI is InChI=1S/C6H13N3O.2ClH/c7-6(9-10)5-1-3-8-4-2-5;;/h5,8,10H,1-4H2,(H2,7,9);2*1H. The lowest BCUT2D eigenvalue weighted by Gasteiger charge is -2.20. The molecule has 1 heterocycles. The van der Waals surface area contributed by atoms with Crippen molar-refractivity contribution in [3.8, 4) is 0 Å². The van der Waals surface area contributed by atoms with Crippen LogP contribution in [-0.2, 0) is 0 Å². The van der Waals surface area contributed by atoms with Crippen molar-refractivity contribution in [1.29, 1.82) is 0 Å². The van der Waals surface area contributed by atoms with E-state index >= 15 is 0 Å². The molecule has 0 bridgehead atoms. The van der Waals surface area contributed by atoms with Crippen molar-refractivity contribution >= 4 is 30.6 Å². The van der Waals surface area contributed by atoms with Crippen molar-refractivity contribution < 1.29 is 5.21 Å². The molecule has 0 aliphatic carbocycles. The number of nitrogens with two attached hydrogens (primary N) is 1. The Hall–Kier alpha value is -0.190. The van der Waals surface area contributed by atoms with Crippen LogP contribution in [0.3, 0.4) is 0 Å². The molecule has 6 heteroatoms. The normalized spacial score (nSPS) is 19.2. The molecular weight excluding hydrogens is 201 g/mol. The molecule has 4 nitrogen and oxygen atoms in total. The first-order valence-corrected chi connectivity index (χ1v) is 3.52. The summed E-state index contributed by atoms with van der Waals surface area (Å²) in [7, 11) is 0. The Balaban J connectivity index is 0. The van der Waals surface area contributed by atoms with Crippen molar-refractivity contribution in [2.24, 2.45) is 16.8 Å². The Morgan fingerprint density at radius 1 is 1.33 bits per heavy atom. The number of nitrogens with zero attached hydrogens (tertiary/aromatic N) is 1. The lowest BCUT2D eigenvalue weighted by Crippen LogP contribution is -2.35. The largest absolute Gasteiger partial charge is 0.409 e. The first kappa shape index (κ1) is 14.3. The minimum atomic E-state index is 0. The quantitative estimate of drug-likeness (QED) is 0.260. The molecule has 0 unspecified atom stereocenters. The molecule has 1 aliphatic heterocycles. The number of oxime groups is 1. The summed E-state index contributed by atoms with van der Waals surface area (Å²) in [5, 5.41) is 14.5. The number of nitrogens with one attached hydrogen (secondary N) is 1. The van der Waals surface area contributed by atoms with E-state index in [2.05, 4.69) is 10.5 Å². The highest BCUT2D eigenvalue weighted by molar-refractivity contribution is 5.85. The first-order valence-electron chi connectivity index (χ1n) is 3.52. The van der Waals surface area contributed by atoms with E-state index in [4.69, 9.17) is 10.9 Å². The second kappa shape index (κ2) is 7.46. The molecule has 0 aromatic heterocycles. The van der Waals surface area contributed by atoms with Crippen molar-refractivity contribution in [2.75, 3.05) is 13.1 Å². The van der Waals surface area contributed by atoms with Crippen LogP contribution in [0.25, 0.3) is 0 Å². The van der Waals surface area contributed by atoms with Gasteiger partial charge in [0, 0.05) is 5.92 Å². The summed E-state index contributed by atoms with van der Waals surface area (Å²) in [5.74, 6) is 0.660. The third-order valence-corrected chi connectivity index (χ3v) is 1.87. The molecule has 1 aliphatic rings. The fraction of sp³-hybridized carbons (Fsp3) is 0.833. The Bertz CT molecular complexity index is 137. The van der Waals surface area contributed by atoms with E-state index in [0.717, 1.165) is 25.9 Å². The van der Waals surface area contributed by atoms with Crippen LogP contribution in [0.1, 0.15) is 12.8 Å². The zero-order valence-corrected chi connectivity index (χ0v) is 8.33. The Morgan fingerprint density at radius 3 is 2.25 bits per heavy atom. The van der Waals surface area contributed by atoms with Crippen LogP contribution in [0.2, 0.25) is 0 Å². The number of amidine groups is 1. The Kier molecular flexibility index (Phi) is 8.91. The van der Waals surface area contributed by atoms with Crippen LogP contribution in [-0.4, -0.2) is 24.1 Å². The summed E-state index contributed by atoms with van der Waals surface area (Å²) in [4.78, 5) is 0. The summed E-state index contributed by atoms with van der Waals surface area (Å²) in [6.45, 7) is 1.95. The Morgan fingerprint density at radius 2 is 1.83 bits per heavy atom. The molecule has 74 valence electrons. The van der Waals surface area contributed by atoms with E-state index in [1.54, 1.807) is 0 Å². The van der Waals surface area contributed by atoms with Gasteiger partial charge in [-0.15, -0.1) is 24.8 Å². The molecule has 0 spiro atoms. The van der Waals surface area contributed by atoms with Gasteiger partial charge in [0.05, 0.1) is 0 Å². The van der Waals surface area contributed by atoms with Crippen LogP contribution < -0.4 is 11.1 Å². The van der Waals surface area contributed by atoms with E-state index in [1.807, 2.05) is 0 Å². The smallest absolute Gasteiger partial charge is 0.142 e. The lowest BCUT2D eigenvalue weighted by molar-refractivity contribution is 0.310. The zero-order chi connectivity index (χ0) is 7.40. The summed E-state index contributed by atoms with van der Waals surface area (Å²) in [5.41, 5.74) is 5.42. The lowest BCUT2D eigenvalue weighted by atomic mass is 9.97. The monoisotopic (exact) mass is 215 g/mol. The Labute approximate surface area is 84.4 Å². The van der Waals surface area contributed by atoms with Gasteiger partial charge >= 0.3 is 0 Å². The second-order valence-corrected chi connectivity index (χ2v) is 2.55. The maximum absolute atomic E-state index is 8.33. The zero-order valence-electron chi connectivity index (χ0n) is 6.69. The predicted octanol–water partition coefficient (Wildman–Crippen LogP) is 0.576.